The SMILES string of the molecule is Cc1cc(OCC(=O)Nc2nncs2)cc(C)c1Cl. The van der Waals surface area contributed by atoms with E-state index in [0.717, 1.165) is 11.1 Å². The summed E-state index contributed by atoms with van der Waals surface area (Å²) in [5, 5.41) is 11.1. The van der Waals surface area contributed by atoms with Crippen LogP contribution in [0.25, 0.3) is 0 Å². The monoisotopic (exact) mass is 297 g/mol. The molecule has 1 amide bonds. The first-order valence-electron chi connectivity index (χ1n) is 5.52. The summed E-state index contributed by atoms with van der Waals surface area (Å²) in [6.07, 6.45) is 0. The lowest BCUT2D eigenvalue weighted by Gasteiger charge is -2.09. The third kappa shape index (κ3) is 3.65. The van der Waals surface area contributed by atoms with Gasteiger partial charge in [0.1, 0.15) is 11.3 Å². The third-order valence-electron chi connectivity index (χ3n) is 2.39. The lowest BCUT2D eigenvalue weighted by Crippen LogP contribution is -2.20. The molecule has 1 heterocycles. The van der Waals surface area contributed by atoms with Crippen molar-refractivity contribution in [1.29, 1.82) is 0 Å². The van der Waals surface area contributed by atoms with Crippen molar-refractivity contribution in [1.82, 2.24) is 10.2 Å². The Morgan fingerprint density at radius 2 is 2.11 bits per heavy atom. The van der Waals surface area contributed by atoms with Crippen LogP contribution >= 0.6 is 22.9 Å². The Bertz CT molecular complexity index is 564. The van der Waals surface area contributed by atoms with Crippen molar-refractivity contribution in [3.05, 3.63) is 33.8 Å². The normalized spacial score (nSPS) is 10.3. The fourth-order valence-electron chi connectivity index (χ4n) is 1.52. The van der Waals surface area contributed by atoms with Crippen molar-refractivity contribution in [2.24, 2.45) is 0 Å². The largest absolute Gasteiger partial charge is 0.484 e. The molecule has 0 spiro atoms. The van der Waals surface area contributed by atoms with Crippen molar-refractivity contribution in [2.45, 2.75) is 13.8 Å². The number of hydrogen-bond acceptors (Lipinski definition) is 5. The van der Waals surface area contributed by atoms with Gasteiger partial charge >= 0.3 is 0 Å². The summed E-state index contributed by atoms with van der Waals surface area (Å²) in [5.74, 6) is 0.341. The molecule has 1 aromatic heterocycles. The van der Waals surface area contributed by atoms with Crippen LogP contribution < -0.4 is 10.1 Å². The number of anilines is 1. The van der Waals surface area contributed by atoms with Crippen LogP contribution in [0.4, 0.5) is 5.13 Å². The molecule has 0 aliphatic carbocycles. The van der Waals surface area contributed by atoms with E-state index in [9.17, 15) is 4.79 Å². The molecule has 0 saturated carbocycles. The predicted molar refractivity (Wildman–Crippen MR) is 75.0 cm³/mol. The van der Waals surface area contributed by atoms with E-state index in [2.05, 4.69) is 15.5 Å². The van der Waals surface area contributed by atoms with Gasteiger partial charge in [-0.3, -0.25) is 10.1 Å². The highest BCUT2D eigenvalue weighted by molar-refractivity contribution is 7.13. The first-order valence-corrected chi connectivity index (χ1v) is 6.77. The minimum atomic E-state index is -0.276. The van der Waals surface area contributed by atoms with Gasteiger partial charge in [0.05, 0.1) is 0 Å². The smallest absolute Gasteiger partial charge is 0.264 e. The summed E-state index contributed by atoms with van der Waals surface area (Å²) in [7, 11) is 0. The van der Waals surface area contributed by atoms with Crippen molar-refractivity contribution in [3.63, 3.8) is 0 Å². The molecule has 1 N–H and O–H groups in total. The predicted octanol–water partition coefficient (Wildman–Crippen LogP) is 2.83. The molecular formula is C12H12ClN3O2S. The topological polar surface area (TPSA) is 64.1 Å². The Hall–Kier alpha value is -1.66. The first kappa shape index (κ1) is 13.8. The van der Waals surface area contributed by atoms with E-state index in [-0.39, 0.29) is 12.5 Å². The van der Waals surface area contributed by atoms with Crippen LogP contribution in [0.15, 0.2) is 17.6 Å². The number of carbonyl (C=O) groups excluding carboxylic acids is 1. The standard InChI is InChI=1S/C12H12ClN3O2S/c1-7-3-9(4-8(2)11(7)13)18-5-10(17)15-12-16-14-6-19-12/h3-4,6H,5H2,1-2H3,(H,15,16,17). The molecule has 0 fully saturated rings. The van der Waals surface area contributed by atoms with Crippen molar-refractivity contribution < 1.29 is 9.53 Å². The number of aryl methyl sites for hydroxylation is 2. The van der Waals surface area contributed by atoms with Gasteiger partial charge in [-0.1, -0.05) is 22.9 Å². The van der Waals surface area contributed by atoms with Crippen LogP contribution in [-0.4, -0.2) is 22.7 Å². The van der Waals surface area contributed by atoms with Gasteiger partial charge in [0.25, 0.3) is 5.91 Å². The zero-order valence-corrected chi connectivity index (χ0v) is 12.0. The molecule has 1 aromatic carbocycles. The van der Waals surface area contributed by atoms with Gasteiger partial charge in [-0.15, -0.1) is 10.2 Å². The maximum absolute atomic E-state index is 11.6. The Morgan fingerprint density at radius 3 is 2.68 bits per heavy atom. The second-order valence-electron chi connectivity index (χ2n) is 3.95. The Labute approximate surface area is 119 Å². The van der Waals surface area contributed by atoms with Crippen LogP contribution in [-0.2, 0) is 4.79 Å². The van der Waals surface area contributed by atoms with E-state index in [0.29, 0.717) is 15.9 Å². The zero-order chi connectivity index (χ0) is 13.8. The van der Waals surface area contributed by atoms with E-state index >= 15 is 0 Å². The fraction of sp³-hybridized carbons (Fsp3) is 0.250. The van der Waals surface area contributed by atoms with E-state index in [1.807, 2.05) is 13.8 Å². The van der Waals surface area contributed by atoms with E-state index in [1.54, 1.807) is 17.6 Å². The van der Waals surface area contributed by atoms with Gasteiger partial charge in [0.2, 0.25) is 5.13 Å². The van der Waals surface area contributed by atoms with Gasteiger partial charge in [-0.2, -0.15) is 0 Å². The second-order valence-corrected chi connectivity index (χ2v) is 5.16. The van der Waals surface area contributed by atoms with Crippen LogP contribution in [0.3, 0.4) is 0 Å². The number of amides is 1. The lowest BCUT2D eigenvalue weighted by molar-refractivity contribution is -0.118. The molecule has 0 bridgehead atoms. The van der Waals surface area contributed by atoms with Crippen molar-refractivity contribution >= 4 is 34.0 Å². The highest BCUT2D eigenvalue weighted by atomic mass is 35.5. The summed E-state index contributed by atoms with van der Waals surface area (Å²) in [5.41, 5.74) is 3.38. The number of nitrogens with one attached hydrogen (secondary N) is 1. The average molecular weight is 298 g/mol. The first-order chi connectivity index (χ1) is 9.06. The average Bonchev–Trinajstić information content (AvgIpc) is 2.86. The Kier molecular flexibility index (Phi) is 4.34. The molecule has 0 atom stereocenters. The highest BCUT2D eigenvalue weighted by Crippen LogP contribution is 2.25. The Morgan fingerprint density at radius 1 is 1.42 bits per heavy atom. The van der Waals surface area contributed by atoms with Crippen molar-refractivity contribution in [3.8, 4) is 5.75 Å². The van der Waals surface area contributed by atoms with Crippen LogP contribution in [0.2, 0.25) is 5.02 Å². The van der Waals surface area contributed by atoms with Gasteiger partial charge in [0, 0.05) is 5.02 Å². The fourth-order valence-corrected chi connectivity index (χ4v) is 2.09. The summed E-state index contributed by atoms with van der Waals surface area (Å²) < 4.78 is 5.42. The minimum absolute atomic E-state index is 0.0832. The number of carbonyl (C=O) groups is 1. The van der Waals surface area contributed by atoms with Gasteiger partial charge < -0.3 is 4.74 Å². The molecular weight excluding hydrogens is 286 g/mol. The number of rotatable bonds is 4. The number of hydrogen-bond donors (Lipinski definition) is 1. The number of ether oxygens (including phenoxy) is 1. The Balaban J connectivity index is 1.93. The molecule has 0 aliphatic heterocycles. The molecule has 0 radical (unpaired) electrons. The molecule has 2 rings (SSSR count). The summed E-state index contributed by atoms with van der Waals surface area (Å²) >= 11 is 7.31. The maximum Gasteiger partial charge on any atom is 0.264 e. The van der Waals surface area contributed by atoms with E-state index < -0.39 is 0 Å². The summed E-state index contributed by atoms with van der Waals surface area (Å²) in [6, 6.07) is 3.60. The minimum Gasteiger partial charge on any atom is -0.484 e. The molecule has 2 aromatic rings. The summed E-state index contributed by atoms with van der Waals surface area (Å²) in [6.45, 7) is 3.70. The number of nitrogens with zero attached hydrogens (tertiary/aromatic N) is 2. The molecule has 5 nitrogen and oxygen atoms in total. The van der Waals surface area contributed by atoms with E-state index in [4.69, 9.17) is 16.3 Å². The van der Waals surface area contributed by atoms with Gasteiger partial charge in [0.15, 0.2) is 6.61 Å². The number of halogens is 1. The molecule has 100 valence electrons. The molecule has 0 unspecified atom stereocenters. The van der Waals surface area contributed by atoms with Crippen molar-refractivity contribution in [2.75, 3.05) is 11.9 Å². The van der Waals surface area contributed by atoms with Gasteiger partial charge in [-0.25, -0.2) is 0 Å². The van der Waals surface area contributed by atoms with Crippen LogP contribution in [0.1, 0.15) is 11.1 Å². The lowest BCUT2D eigenvalue weighted by atomic mass is 10.1. The highest BCUT2D eigenvalue weighted by Gasteiger charge is 2.08. The quantitative estimate of drug-likeness (QED) is 0.942. The number of aromatic nitrogens is 2. The molecule has 0 aliphatic rings. The zero-order valence-electron chi connectivity index (χ0n) is 10.4. The molecule has 19 heavy (non-hydrogen) atoms. The van der Waals surface area contributed by atoms with Crippen LogP contribution in [0.5, 0.6) is 5.75 Å². The molecule has 0 saturated heterocycles. The van der Waals surface area contributed by atoms with Crippen LogP contribution in [0, 0.1) is 13.8 Å². The third-order valence-corrected chi connectivity index (χ3v) is 3.59. The summed E-state index contributed by atoms with van der Waals surface area (Å²) in [4.78, 5) is 11.6. The van der Waals surface area contributed by atoms with E-state index in [1.165, 1.54) is 11.3 Å². The maximum atomic E-state index is 11.6. The molecule has 7 heteroatoms. The second kappa shape index (κ2) is 5.99. The number of benzene rings is 1. The van der Waals surface area contributed by atoms with Gasteiger partial charge in [-0.05, 0) is 37.1 Å².